The Bertz CT molecular complexity index is 841. The zero-order chi connectivity index (χ0) is 19.9. The van der Waals surface area contributed by atoms with Gasteiger partial charge in [-0.05, 0) is 61.6 Å². The van der Waals surface area contributed by atoms with Crippen molar-refractivity contribution in [1.29, 1.82) is 0 Å². The second kappa shape index (κ2) is 9.78. The smallest absolute Gasteiger partial charge is 0.202 e. The van der Waals surface area contributed by atoms with E-state index < -0.39 is 17.7 Å². The summed E-state index contributed by atoms with van der Waals surface area (Å²) in [6.45, 7) is 2.22. The summed E-state index contributed by atoms with van der Waals surface area (Å²) in [4.78, 5) is 2.91. The van der Waals surface area contributed by atoms with Crippen LogP contribution in [0.3, 0.4) is 0 Å². The summed E-state index contributed by atoms with van der Waals surface area (Å²) < 4.78 is 39.7. The highest BCUT2D eigenvalue weighted by atomic mass is 19.2. The Morgan fingerprint density at radius 3 is 2.36 bits per heavy atom. The van der Waals surface area contributed by atoms with Crippen molar-refractivity contribution in [1.82, 2.24) is 4.98 Å². The highest BCUT2D eigenvalue weighted by Crippen LogP contribution is 2.35. The first-order valence-electron chi connectivity index (χ1n) is 10.2. The molecule has 0 bridgehead atoms. The number of nitrogens with zero attached hydrogens (tertiary/aromatic N) is 1. The molecule has 1 nitrogen and oxygen atoms in total. The fraction of sp³-hybridized carbons (Fsp3) is 0.458. The number of aryl methyl sites for hydroxylation is 1. The summed E-state index contributed by atoms with van der Waals surface area (Å²) in [6.07, 6.45) is 8.82. The van der Waals surface area contributed by atoms with Gasteiger partial charge in [0.25, 0.3) is 5.95 Å². The molecule has 2 aromatic rings. The first kappa shape index (κ1) is 20.5. The number of unbranched alkanes of at least 4 members (excludes halogenated alkanes) is 2. The van der Waals surface area contributed by atoms with Gasteiger partial charge in [0.1, 0.15) is 0 Å². The molecule has 0 atom stereocenters. The van der Waals surface area contributed by atoms with Gasteiger partial charge in [-0.15, -0.1) is 0 Å². The molecule has 28 heavy (non-hydrogen) atoms. The van der Waals surface area contributed by atoms with Crippen LogP contribution in [0.1, 0.15) is 74.5 Å². The molecule has 1 aliphatic carbocycles. The van der Waals surface area contributed by atoms with Gasteiger partial charge in [0.15, 0.2) is 5.82 Å². The van der Waals surface area contributed by atoms with E-state index in [-0.39, 0.29) is 11.5 Å². The van der Waals surface area contributed by atoms with Gasteiger partial charge in [0.2, 0.25) is 5.95 Å². The largest absolute Gasteiger partial charge is 0.251 e. The number of hydrogen-bond acceptors (Lipinski definition) is 1. The van der Waals surface area contributed by atoms with Gasteiger partial charge in [-0.3, -0.25) is 0 Å². The molecule has 148 valence electrons. The van der Waals surface area contributed by atoms with E-state index in [0.29, 0.717) is 5.92 Å². The molecular weight excluding hydrogens is 359 g/mol. The van der Waals surface area contributed by atoms with Crippen molar-refractivity contribution < 1.29 is 13.2 Å². The van der Waals surface area contributed by atoms with Gasteiger partial charge in [0, 0.05) is 5.92 Å². The van der Waals surface area contributed by atoms with Crippen LogP contribution in [0.5, 0.6) is 0 Å². The van der Waals surface area contributed by atoms with E-state index in [1.165, 1.54) is 30.4 Å². The van der Waals surface area contributed by atoms with Crippen LogP contribution in [0.15, 0.2) is 30.3 Å². The SMILES string of the molecule is CCCCCc1ccc([C@H]2CC[C@H](C#Cc3cc(F)c(F)nc3F)CC2)cc1. The Hall–Kier alpha value is -2.28. The summed E-state index contributed by atoms with van der Waals surface area (Å²) in [5.74, 6) is 2.68. The lowest BCUT2D eigenvalue weighted by Crippen LogP contribution is -2.12. The first-order chi connectivity index (χ1) is 13.6. The Morgan fingerprint density at radius 2 is 1.68 bits per heavy atom. The average molecular weight is 385 g/mol. The molecule has 0 amide bonds. The minimum Gasteiger partial charge on any atom is -0.202 e. The molecular formula is C24H26F3N. The fourth-order valence-corrected chi connectivity index (χ4v) is 3.82. The quantitative estimate of drug-likeness (QED) is 0.323. The number of benzene rings is 1. The molecule has 1 aromatic heterocycles. The van der Waals surface area contributed by atoms with Gasteiger partial charge in [0.05, 0.1) is 5.56 Å². The number of hydrogen-bond donors (Lipinski definition) is 0. The molecule has 0 N–H and O–H groups in total. The molecule has 0 unspecified atom stereocenters. The Morgan fingerprint density at radius 1 is 0.964 bits per heavy atom. The predicted molar refractivity (Wildman–Crippen MR) is 105 cm³/mol. The maximum Gasteiger partial charge on any atom is 0.251 e. The number of halogens is 3. The minimum atomic E-state index is -1.43. The van der Waals surface area contributed by atoms with E-state index >= 15 is 0 Å². The van der Waals surface area contributed by atoms with Gasteiger partial charge < -0.3 is 0 Å². The second-order valence-corrected chi connectivity index (χ2v) is 7.62. The van der Waals surface area contributed by atoms with Crippen LogP contribution in [-0.2, 0) is 6.42 Å². The summed E-state index contributed by atoms with van der Waals surface area (Å²) in [7, 11) is 0. The van der Waals surface area contributed by atoms with Crippen molar-refractivity contribution in [3.8, 4) is 11.8 Å². The molecule has 0 radical (unpaired) electrons. The lowest BCUT2D eigenvalue weighted by molar-refractivity contribution is 0.384. The van der Waals surface area contributed by atoms with Crippen molar-refractivity contribution in [2.24, 2.45) is 5.92 Å². The lowest BCUT2D eigenvalue weighted by atomic mass is 9.78. The molecule has 1 saturated carbocycles. The minimum absolute atomic E-state index is 0.150. The molecule has 1 heterocycles. The van der Waals surface area contributed by atoms with E-state index in [1.54, 1.807) is 0 Å². The fourth-order valence-electron chi connectivity index (χ4n) is 3.82. The van der Waals surface area contributed by atoms with Gasteiger partial charge in [-0.1, -0.05) is 55.9 Å². The summed E-state index contributed by atoms with van der Waals surface area (Å²) >= 11 is 0. The van der Waals surface area contributed by atoms with Crippen molar-refractivity contribution in [3.63, 3.8) is 0 Å². The van der Waals surface area contributed by atoms with Crippen molar-refractivity contribution >= 4 is 0 Å². The number of pyridine rings is 1. The summed E-state index contributed by atoms with van der Waals surface area (Å²) in [5, 5.41) is 0. The third-order valence-corrected chi connectivity index (χ3v) is 5.54. The average Bonchev–Trinajstić information content (AvgIpc) is 2.71. The molecule has 0 spiro atoms. The zero-order valence-electron chi connectivity index (χ0n) is 16.3. The molecule has 0 aliphatic heterocycles. The molecule has 0 saturated heterocycles. The number of aromatic nitrogens is 1. The highest BCUT2D eigenvalue weighted by Gasteiger charge is 2.21. The lowest BCUT2D eigenvalue weighted by Gasteiger charge is -2.26. The molecule has 1 aromatic carbocycles. The van der Waals surface area contributed by atoms with Gasteiger partial charge in [-0.2, -0.15) is 13.8 Å². The maximum atomic E-state index is 13.6. The van der Waals surface area contributed by atoms with Crippen LogP contribution in [0.4, 0.5) is 13.2 Å². The summed E-state index contributed by atoms with van der Waals surface area (Å²) in [5.41, 5.74) is 2.60. The monoisotopic (exact) mass is 385 g/mol. The molecule has 4 heteroatoms. The van der Waals surface area contributed by atoms with E-state index in [4.69, 9.17) is 0 Å². The molecule has 3 rings (SSSR count). The second-order valence-electron chi connectivity index (χ2n) is 7.62. The van der Waals surface area contributed by atoms with Crippen molar-refractivity contribution in [2.75, 3.05) is 0 Å². The zero-order valence-corrected chi connectivity index (χ0v) is 16.3. The maximum absolute atomic E-state index is 13.6. The predicted octanol–water partition coefficient (Wildman–Crippen LogP) is 6.56. The van der Waals surface area contributed by atoms with Crippen LogP contribution in [0.25, 0.3) is 0 Å². The molecule has 1 fully saturated rings. The van der Waals surface area contributed by atoms with E-state index in [2.05, 4.69) is 48.0 Å². The summed E-state index contributed by atoms with van der Waals surface area (Å²) in [6, 6.07) is 9.77. The van der Waals surface area contributed by atoms with Crippen LogP contribution in [0, 0.1) is 35.5 Å². The van der Waals surface area contributed by atoms with Crippen LogP contribution in [-0.4, -0.2) is 4.98 Å². The Balaban J connectivity index is 1.54. The third-order valence-electron chi connectivity index (χ3n) is 5.54. The van der Waals surface area contributed by atoms with Crippen LogP contribution < -0.4 is 0 Å². The highest BCUT2D eigenvalue weighted by molar-refractivity contribution is 5.34. The van der Waals surface area contributed by atoms with Gasteiger partial charge >= 0.3 is 0 Å². The van der Waals surface area contributed by atoms with Crippen molar-refractivity contribution in [3.05, 3.63) is 64.7 Å². The molecule has 1 aliphatic rings. The normalized spacial score (nSPS) is 19.1. The standard InChI is InChI=1S/C24H26F3N/c1-2-3-4-5-17-6-11-19(12-7-17)20-13-8-18(9-14-20)10-15-21-16-22(25)24(27)28-23(21)26/h6-7,11-12,16,18,20H,2-5,8-9,13-14H2,1H3/t18-,20-. The van der Waals surface area contributed by atoms with E-state index in [1.807, 2.05) is 0 Å². The topological polar surface area (TPSA) is 12.9 Å². The van der Waals surface area contributed by atoms with Crippen LogP contribution in [0.2, 0.25) is 0 Å². The van der Waals surface area contributed by atoms with Crippen molar-refractivity contribution in [2.45, 2.75) is 64.2 Å². The third kappa shape index (κ3) is 5.38. The van der Waals surface area contributed by atoms with E-state index in [0.717, 1.165) is 38.2 Å². The number of rotatable bonds is 5. The Kier molecular flexibility index (Phi) is 7.14. The van der Waals surface area contributed by atoms with Gasteiger partial charge in [-0.25, -0.2) is 4.39 Å². The van der Waals surface area contributed by atoms with Crippen LogP contribution >= 0.6 is 0 Å². The Labute approximate surface area is 165 Å². The first-order valence-corrected chi connectivity index (χ1v) is 10.2. The van der Waals surface area contributed by atoms with E-state index in [9.17, 15) is 13.2 Å².